The van der Waals surface area contributed by atoms with E-state index in [1.165, 1.54) is 36.3 Å². The van der Waals surface area contributed by atoms with Gasteiger partial charge in [-0.15, -0.1) is 0 Å². The van der Waals surface area contributed by atoms with Crippen molar-refractivity contribution in [2.24, 2.45) is 0 Å². The highest BCUT2D eigenvalue weighted by Crippen LogP contribution is 2.17. The molecule has 0 saturated heterocycles. The third-order valence-electron chi connectivity index (χ3n) is 2.26. The first kappa shape index (κ1) is 11.6. The number of aromatic nitrogens is 3. The first-order valence-corrected chi connectivity index (χ1v) is 4.95. The molecule has 0 aliphatic rings. The first-order valence-electron chi connectivity index (χ1n) is 4.95. The minimum Gasteiger partial charge on any atom is -0.465 e. The Kier molecular flexibility index (Phi) is 2.93. The Morgan fingerprint density at radius 1 is 1.56 bits per heavy atom. The maximum atomic E-state index is 11.6. The van der Waals surface area contributed by atoms with Gasteiger partial charge in [-0.1, -0.05) is 0 Å². The highest BCUT2D eigenvalue weighted by atomic mass is 16.5. The molecule has 0 aliphatic heterocycles. The number of anilines is 1. The van der Waals surface area contributed by atoms with Gasteiger partial charge in [0.25, 0.3) is 0 Å². The molecule has 0 saturated carbocycles. The minimum absolute atomic E-state index is 0.123. The number of nitrogen functional groups attached to an aromatic ring is 1. The molecule has 0 aromatic carbocycles. The van der Waals surface area contributed by atoms with E-state index in [4.69, 9.17) is 11.0 Å². The summed E-state index contributed by atoms with van der Waals surface area (Å²) in [7, 11) is 1.26. The van der Waals surface area contributed by atoms with Gasteiger partial charge in [0, 0.05) is 12.4 Å². The molecule has 2 rings (SSSR count). The average molecular weight is 243 g/mol. The number of esters is 1. The standard InChI is InChI=1S/C11H9N5O2/c1-18-11(17)8-4-7(13)6-15-10(8)16-3-2-14-9(16)5-12/h2-4,6H,13H2,1H3. The van der Waals surface area contributed by atoms with Gasteiger partial charge >= 0.3 is 5.97 Å². The van der Waals surface area contributed by atoms with Gasteiger partial charge in [0.1, 0.15) is 11.6 Å². The summed E-state index contributed by atoms with van der Waals surface area (Å²) >= 11 is 0. The maximum absolute atomic E-state index is 11.6. The maximum Gasteiger partial charge on any atom is 0.341 e. The molecular formula is C11H9N5O2. The molecule has 0 aliphatic carbocycles. The van der Waals surface area contributed by atoms with E-state index in [-0.39, 0.29) is 17.2 Å². The van der Waals surface area contributed by atoms with Crippen LogP contribution in [0.15, 0.2) is 24.7 Å². The second-order valence-electron chi connectivity index (χ2n) is 3.36. The zero-order chi connectivity index (χ0) is 13.1. The van der Waals surface area contributed by atoms with E-state index in [1.807, 2.05) is 6.07 Å². The van der Waals surface area contributed by atoms with Gasteiger partial charge in [0.05, 0.1) is 19.0 Å². The van der Waals surface area contributed by atoms with Gasteiger partial charge in [-0.3, -0.25) is 4.57 Å². The van der Waals surface area contributed by atoms with Crippen LogP contribution in [0.5, 0.6) is 0 Å². The topological polar surface area (TPSA) is 107 Å². The van der Waals surface area contributed by atoms with E-state index in [0.29, 0.717) is 5.69 Å². The van der Waals surface area contributed by atoms with E-state index in [2.05, 4.69) is 14.7 Å². The predicted molar refractivity (Wildman–Crippen MR) is 61.8 cm³/mol. The largest absolute Gasteiger partial charge is 0.465 e. The Morgan fingerprint density at radius 2 is 2.33 bits per heavy atom. The number of rotatable bonds is 2. The van der Waals surface area contributed by atoms with Crippen LogP contribution < -0.4 is 5.73 Å². The molecular weight excluding hydrogens is 234 g/mol. The summed E-state index contributed by atoms with van der Waals surface area (Å²) in [5.41, 5.74) is 6.09. The number of carbonyl (C=O) groups is 1. The fourth-order valence-electron chi connectivity index (χ4n) is 1.48. The summed E-state index contributed by atoms with van der Waals surface area (Å²) in [6.45, 7) is 0. The van der Waals surface area contributed by atoms with Crippen molar-refractivity contribution in [3.8, 4) is 11.9 Å². The van der Waals surface area contributed by atoms with Gasteiger partial charge in [0.2, 0.25) is 5.82 Å². The second-order valence-corrected chi connectivity index (χ2v) is 3.36. The summed E-state index contributed by atoms with van der Waals surface area (Å²) in [5, 5.41) is 8.91. The Labute approximate surface area is 102 Å². The van der Waals surface area contributed by atoms with Crippen molar-refractivity contribution in [1.29, 1.82) is 5.26 Å². The van der Waals surface area contributed by atoms with Crippen LogP contribution in [0.25, 0.3) is 5.82 Å². The number of pyridine rings is 1. The number of hydrogen-bond donors (Lipinski definition) is 1. The molecule has 0 spiro atoms. The highest BCUT2D eigenvalue weighted by Gasteiger charge is 2.17. The van der Waals surface area contributed by atoms with Crippen molar-refractivity contribution in [2.75, 3.05) is 12.8 Å². The van der Waals surface area contributed by atoms with Crippen LogP contribution in [0, 0.1) is 11.3 Å². The lowest BCUT2D eigenvalue weighted by atomic mass is 10.2. The summed E-state index contributed by atoms with van der Waals surface area (Å²) < 4.78 is 6.05. The molecule has 0 bridgehead atoms. The van der Waals surface area contributed by atoms with E-state index in [9.17, 15) is 4.79 Å². The lowest BCUT2D eigenvalue weighted by molar-refractivity contribution is 0.0600. The summed E-state index contributed by atoms with van der Waals surface area (Å²) in [6.07, 6.45) is 4.37. The first-order chi connectivity index (χ1) is 8.67. The number of nitriles is 1. The zero-order valence-electron chi connectivity index (χ0n) is 9.49. The van der Waals surface area contributed by atoms with Crippen LogP contribution in [0.3, 0.4) is 0 Å². The van der Waals surface area contributed by atoms with Crippen molar-refractivity contribution in [2.45, 2.75) is 0 Å². The van der Waals surface area contributed by atoms with E-state index in [0.717, 1.165) is 0 Å². The van der Waals surface area contributed by atoms with Crippen LogP contribution in [0.4, 0.5) is 5.69 Å². The van der Waals surface area contributed by atoms with Crippen LogP contribution in [0.2, 0.25) is 0 Å². The average Bonchev–Trinajstić information content (AvgIpc) is 2.85. The number of hydrogen-bond acceptors (Lipinski definition) is 6. The van der Waals surface area contributed by atoms with Crippen molar-refractivity contribution in [3.05, 3.63) is 36.0 Å². The lowest BCUT2D eigenvalue weighted by Crippen LogP contribution is -2.11. The predicted octanol–water partition coefficient (Wildman–Crippen LogP) is 0.508. The van der Waals surface area contributed by atoms with Crippen molar-refractivity contribution >= 4 is 11.7 Å². The number of nitrogens with two attached hydrogens (primary N) is 1. The Morgan fingerprint density at radius 3 is 3.00 bits per heavy atom. The molecule has 90 valence electrons. The molecule has 2 aromatic heterocycles. The number of nitrogens with zero attached hydrogens (tertiary/aromatic N) is 4. The molecule has 2 heterocycles. The molecule has 18 heavy (non-hydrogen) atoms. The van der Waals surface area contributed by atoms with Gasteiger partial charge in [-0.25, -0.2) is 14.8 Å². The smallest absolute Gasteiger partial charge is 0.341 e. The van der Waals surface area contributed by atoms with Crippen molar-refractivity contribution in [1.82, 2.24) is 14.5 Å². The Bertz CT molecular complexity index is 641. The molecule has 0 unspecified atom stereocenters. The third kappa shape index (κ3) is 1.87. The zero-order valence-corrected chi connectivity index (χ0v) is 9.49. The minimum atomic E-state index is -0.581. The van der Waals surface area contributed by atoms with Crippen LogP contribution >= 0.6 is 0 Å². The lowest BCUT2D eigenvalue weighted by Gasteiger charge is -2.08. The quantitative estimate of drug-likeness (QED) is 0.770. The van der Waals surface area contributed by atoms with E-state index >= 15 is 0 Å². The van der Waals surface area contributed by atoms with Gasteiger partial charge in [0.15, 0.2) is 5.82 Å². The fourth-order valence-corrected chi connectivity index (χ4v) is 1.48. The summed E-state index contributed by atoms with van der Waals surface area (Å²) in [6, 6.07) is 3.34. The highest BCUT2D eigenvalue weighted by molar-refractivity contribution is 5.93. The molecule has 7 nitrogen and oxygen atoms in total. The second kappa shape index (κ2) is 4.55. The molecule has 2 N–H and O–H groups in total. The molecule has 2 aromatic rings. The van der Waals surface area contributed by atoms with Gasteiger partial charge < -0.3 is 10.5 Å². The monoisotopic (exact) mass is 243 g/mol. The van der Waals surface area contributed by atoms with Gasteiger partial charge in [-0.05, 0) is 6.07 Å². The molecule has 0 amide bonds. The molecule has 7 heteroatoms. The molecule has 0 fully saturated rings. The van der Waals surface area contributed by atoms with Crippen molar-refractivity contribution in [3.63, 3.8) is 0 Å². The Hall–Kier alpha value is -2.88. The third-order valence-corrected chi connectivity index (χ3v) is 2.26. The number of methoxy groups -OCH3 is 1. The van der Waals surface area contributed by atoms with Crippen LogP contribution in [0.1, 0.15) is 16.2 Å². The Balaban J connectivity index is 2.65. The molecule has 0 radical (unpaired) electrons. The van der Waals surface area contributed by atoms with Gasteiger partial charge in [-0.2, -0.15) is 5.26 Å². The molecule has 0 atom stereocenters. The summed E-state index contributed by atoms with van der Waals surface area (Å²) in [4.78, 5) is 19.5. The SMILES string of the molecule is COC(=O)c1cc(N)cnc1-n1ccnc1C#N. The summed E-state index contributed by atoms with van der Waals surface area (Å²) in [5.74, 6) is -0.204. The normalized spacial score (nSPS) is 9.78. The number of ether oxygens (including phenoxy) is 1. The number of carbonyl (C=O) groups excluding carboxylic acids is 1. The van der Waals surface area contributed by atoms with Crippen LogP contribution in [-0.4, -0.2) is 27.6 Å². The van der Waals surface area contributed by atoms with E-state index in [1.54, 1.807) is 0 Å². The van der Waals surface area contributed by atoms with E-state index < -0.39 is 5.97 Å². The fraction of sp³-hybridized carbons (Fsp3) is 0.0909. The number of imidazole rings is 1. The van der Waals surface area contributed by atoms with Crippen LogP contribution in [-0.2, 0) is 4.74 Å². The van der Waals surface area contributed by atoms with Crippen molar-refractivity contribution < 1.29 is 9.53 Å².